The molecule has 314 valence electrons. The maximum Gasteiger partial charge on any atom is 0.317 e. The molecule has 55 heavy (non-hydrogen) atoms. The average Bonchev–Trinajstić information content (AvgIpc) is 3.09. The number of nitrogens with one attached hydrogen (secondary N) is 1. The number of unbranched alkanes of at least 4 members (excludes halogenated alkanes) is 1. The summed E-state index contributed by atoms with van der Waals surface area (Å²) < 4.78 is 0. The Balaban J connectivity index is 0.0000105. The first-order valence-corrected chi connectivity index (χ1v) is 19.7. The summed E-state index contributed by atoms with van der Waals surface area (Å²) in [5, 5.41) is 31.6. The van der Waals surface area contributed by atoms with Crippen molar-refractivity contribution in [1.82, 2.24) is 44.6 Å². The van der Waals surface area contributed by atoms with Gasteiger partial charge >= 0.3 is 17.9 Å². The molecule has 1 saturated heterocycles. The first kappa shape index (κ1) is 49.2. The number of hydrogen-bond acceptors (Lipinski definition) is 12. The third-order valence-corrected chi connectivity index (χ3v) is 10.2. The number of aryl methyl sites for hydroxylation is 1. The SMILES string of the molecule is CN1CCCN(C)CCN(CCCCC(=O)NCCCc2cc3nc(c2)CN(CC(=O)O)CCN(CC(=O)O)CCN(CC(=O)O)C3)CCCN(C)CC1.[Gd]. The molecule has 0 saturated carbocycles. The number of aromatic nitrogens is 1. The molecule has 1 amide bonds. The zero-order valence-corrected chi connectivity index (χ0v) is 35.7. The fourth-order valence-corrected chi connectivity index (χ4v) is 7.05. The van der Waals surface area contributed by atoms with Gasteiger partial charge in [0.1, 0.15) is 0 Å². The van der Waals surface area contributed by atoms with Crippen molar-refractivity contribution in [2.45, 2.75) is 58.0 Å². The average molecular weight is 919 g/mol. The summed E-state index contributed by atoms with van der Waals surface area (Å²) in [6, 6.07) is 3.88. The number of carboxylic acids is 3. The summed E-state index contributed by atoms with van der Waals surface area (Å²) in [5.74, 6) is -2.92. The Bertz CT molecular complexity index is 1260. The van der Waals surface area contributed by atoms with Crippen LogP contribution in [0.15, 0.2) is 12.1 Å². The molecule has 3 rings (SSSR count). The number of nitrogens with zero attached hydrogens (tertiary/aromatic N) is 8. The van der Waals surface area contributed by atoms with Gasteiger partial charge in [-0.05, 0) is 110 Å². The van der Waals surface area contributed by atoms with Gasteiger partial charge in [0, 0.05) is 118 Å². The number of likely N-dealkylation sites (N-methyl/N-ethyl adjacent to an activating group) is 3. The van der Waals surface area contributed by atoms with Gasteiger partial charge in [-0.25, -0.2) is 0 Å². The minimum absolute atomic E-state index is 0. The minimum Gasteiger partial charge on any atom is -0.480 e. The maximum absolute atomic E-state index is 12.7. The van der Waals surface area contributed by atoms with Crippen LogP contribution in [0, 0.1) is 39.9 Å². The number of pyridine rings is 1. The van der Waals surface area contributed by atoms with Crippen LogP contribution in [-0.2, 0) is 38.7 Å². The van der Waals surface area contributed by atoms with Gasteiger partial charge in [-0.15, -0.1) is 0 Å². The van der Waals surface area contributed by atoms with Gasteiger partial charge in [0.25, 0.3) is 0 Å². The van der Waals surface area contributed by atoms with Gasteiger partial charge in [0.15, 0.2) is 0 Å². The van der Waals surface area contributed by atoms with Gasteiger partial charge in [-0.1, -0.05) is 0 Å². The molecule has 0 aromatic carbocycles. The van der Waals surface area contributed by atoms with Crippen molar-refractivity contribution in [3.63, 3.8) is 0 Å². The number of carboxylic acid groups (broad SMARTS) is 3. The van der Waals surface area contributed by atoms with Gasteiger partial charge in [-0.3, -0.25) is 38.9 Å². The topological polar surface area (TPSA) is 177 Å². The Hall–Kier alpha value is -1.93. The Morgan fingerprint density at radius 2 is 1.05 bits per heavy atom. The third-order valence-electron chi connectivity index (χ3n) is 10.2. The third kappa shape index (κ3) is 22.6. The second-order valence-electron chi connectivity index (χ2n) is 15.2. The normalized spacial score (nSPS) is 19.3. The van der Waals surface area contributed by atoms with Crippen LogP contribution in [0.5, 0.6) is 0 Å². The smallest absolute Gasteiger partial charge is 0.317 e. The van der Waals surface area contributed by atoms with Crippen LogP contribution in [-0.4, -0.2) is 211 Å². The number of carbonyl (C=O) groups excluding carboxylic acids is 1. The second-order valence-corrected chi connectivity index (χ2v) is 15.2. The van der Waals surface area contributed by atoms with Crippen LogP contribution < -0.4 is 5.32 Å². The van der Waals surface area contributed by atoms with E-state index in [-0.39, 0.29) is 78.6 Å². The molecule has 2 aliphatic heterocycles. The number of fused-ring (bicyclic) bond motifs is 2. The molecule has 2 bridgehead atoms. The van der Waals surface area contributed by atoms with E-state index >= 15 is 0 Å². The van der Waals surface area contributed by atoms with Crippen molar-refractivity contribution in [3.05, 3.63) is 29.1 Å². The predicted octanol–water partition coefficient (Wildman–Crippen LogP) is 0.365. The molecular formula is C38H67GdN9O7. The van der Waals surface area contributed by atoms with Crippen molar-refractivity contribution in [3.8, 4) is 0 Å². The summed E-state index contributed by atoms with van der Waals surface area (Å²) in [4.78, 5) is 67.3. The van der Waals surface area contributed by atoms with Crippen LogP contribution in [0.2, 0.25) is 0 Å². The van der Waals surface area contributed by atoms with E-state index in [0.29, 0.717) is 63.4 Å². The molecule has 3 heterocycles. The maximum atomic E-state index is 12.7. The Morgan fingerprint density at radius 1 is 0.600 bits per heavy atom. The Morgan fingerprint density at radius 3 is 1.58 bits per heavy atom. The molecule has 1 aromatic rings. The molecular weight excluding hydrogens is 852 g/mol. The number of aliphatic carboxylic acids is 3. The Labute approximate surface area is 360 Å². The largest absolute Gasteiger partial charge is 0.480 e. The fourth-order valence-electron chi connectivity index (χ4n) is 7.05. The molecule has 17 heteroatoms. The van der Waals surface area contributed by atoms with Crippen LogP contribution in [0.3, 0.4) is 0 Å². The summed E-state index contributed by atoms with van der Waals surface area (Å²) in [6.45, 7) is 11.3. The van der Waals surface area contributed by atoms with Crippen LogP contribution in [0.1, 0.15) is 55.5 Å². The van der Waals surface area contributed by atoms with Gasteiger partial charge in [-0.2, -0.15) is 0 Å². The van der Waals surface area contributed by atoms with E-state index in [1.54, 1.807) is 14.7 Å². The zero-order valence-electron chi connectivity index (χ0n) is 33.4. The van der Waals surface area contributed by atoms with Gasteiger partial charge in [0.05, 0.1) is 31.0 Å². The number of rotatable bonds is 15. The molecule has 16 nitrogen and oxygen atoms in total. The first-order chi connectivity index (χ1) is 25.8. The van der Waals surface area contributed by atoms with Crippen molar-refractivity contribution in [1.29, 1.82) is 0 Å². The van der Waals surface area contributed by atoms with Crippen LogP contribution in [0.25, 0.3) is 0 Å². The van der Waals surface area contributed by atoms with E-state index in [0.717, 1.165) is 83.7 Å². The predicted molar refractivity (Wildman–Crippen MR) is 207 cm³/mol. The molecule has 0 atom stereocenters. The molecule has 1 aromatic heterocycles. The minimum atomic E-state index is -1.000. The van der Waals surface area contributed by atoms with E-state index < -0.39 is 17.9 Å². The van der Waals surface area contributed by atoms with E-state index in [1.807, 2.05) is 12.1 Å². The summed E-state index contributed by atoms with van der Waals surface area (Å²) in [5.41, 5.74) is 2.33. The summed E-state index contributed by atoms with van der Waals surface area (Å²) in [7, 11) is 6.64. The van der Waals surface area contributed by atoms with Crippen molar-refractivity contribution in [2.75, 3.05) is 132 Å². The first-order valence-electron chi connectivity index (χ1n) is 19.7. The van der Waals surface area contributed by atoms with Crippen LogP contribution >= 0.6 is 0 Å². The second kappa shape index (κ2) is 27.7. The molecule has 0 aliphatic carbocycles. The molecule has 1 fully saturated rings. The van der Waals surface area contributed by atoms with Crippen molar-refractivity contribution >= 4 is 23.8 Å². The zero-order chi connectivity index (χ0) is 39.3. The van der Waals surface area contributed by atoms with E-state index in [9.17, 15) is 34.5 Å². The number of carbonyl (C=O) groups is 4. The van der Waals surface area contributed by atoms with Crippen molar-refractivity contribution < 1.29 is 74.4 Å². The van der Waals surface area contributed by atoms with Crippen molar-refractivity contribution in [2.24, 2.45) is 0 Å². The van der Waals surface area contributed by atoms with Crippen LogP contribution in [0.4, 0.5) is 0 Å². The molecule has 0 radical (unpaired) electrons. The van der Waals surface area contributed by atoms with Gasteiger partial charge in [0.2, 0.25) is 5.91 Å². The summed E-state index contributed by atoms with van der Waals surface area (Å²) >= 11 is 0. The molecule has 0 unspecified atom stereocenters. The molecule has 2 aliphatic rings. The quantitative estimate of drug-likeness (QED) is 0.178. The number of hydrogen-bond donors (Lipinski definition) is 4. The molecule has 0 spiro atoms. The number of amides is 1. The summed E-state index contributed by atoms with van der Waals surface area (Å²) in [6.07, 6.45) is 6.01. The fraction of sp³-hybridized carbons (Fsp3) is 0.763. The standard InChI is InChI=1S/C38H67N9O7.Gd/c1-41-12-7-13-43(3)19-20-44(16-8-14-42(2)18-17-41)15-5-4-10-35(48)39-11-6-9-32-25-33-27-46(30-37(51)52)23-21-45(29-36(49)50)22-24-47(31-38(53)54)28-34(26-32)40-33;/h25-26H,4-24,27-31H2,1-3H3,(H,39,48)(H,49,50)(H,51,52)(H,53,54);. The van der Waals surface area contributed by atoms with Gasteiger partial charge < -0.3 is 40.2 Å². The molecule has 4 N–H and O–H groups in total. The van der Waals surface area contributed by atoms with E-state index in [1.165, 1.54) is 6.42 Å². The Kier molecular flexibility index (Phi) is 24.8. The van der Waals surface area contributed by atoms with E-state index in [4.69, 9.17) is 4.98 Å². The monoisotopic (exact) mass is 919 g/mol. The van der Waals surface area contributed by atoms with E-state index in [2.05, 4.69) is 46.1 Å².